The summed E-state index contributed by atoms with van der Waals surface area (Å²) in [6.07, 6.45) is 1.54. The summed E-state index contributed by atoms with van der Waals surface area (Å²) >= 11 is 0. The molecule has 27 heavy (non-hydrogen) atoms. The number of carbonyl (C=O) groups is 1. The molecule has 2 aromatic carbocycles. The molecule has 0 aliphatic heterocycles. The molecule has 1 amide bonds. The Morgan fingerprint density at radius 1 is 0.963 bits per heavy atom. The van der Waals surface area contributed by atoms with Crippen molar-refractivity contribution in [2.45, 2.75) is 64.3 Å². The number of rotatable bonds is 7. The summed E-state index contributed by atoms with van der Waals surface area (Å²) in [5, 5.41) is 6.60. The maximum atomic E-state index is 11.9. The number of ether oxygens (including phenoxy) is 1. The predicted octanol–water partition coefficient (Wildman–Crippen LogP) is 4.92. The molecule has 0 spiro atoms. The molecular weight excluding hydrogens is 336 g/mol. The van der Waals surface area contributed by atoms with Crippen LogP contribution in [0.15, 0.2) is 54.6 Å². The normalized spacial score (nSPS) is 20.0. The largest absolute Gasteiger partial charge is 0.445 e. The molecule has 0 heterocycles. The van der Waals surface area contributed by atoms with Gasteiger partial charge < -0.3 is 15.4 Å². The molecule has 2 aromatic rings. The van der Waals surface area contributed by atoms with E-state index in [0.29, 0.717) is 24.6 Å². The smallest absolute Gasteiger partial charge is 0.407 e. The lowest BCUT2D eigenvalue weighted by Crippen LogP contribution is -2.52. The van der Waals surface area contributed by atoms with Gasteiger partial charge in [-0.05, 0) is 42.4 Å². The lowest BCUT2D eigenvalue weighted by atomic mass is 9.86. The molecule has 0 saturated heterocycles. The summed E-state index contributed by atoms with van der Waals surface area (Å²) in [7, 11) is 0. The lowest BCUT2D eigenvalue weighted by molar-refractivity contribution is 0.124. The maximum absolute atomic E-state index is 11.9. The summed E-state index contributed by atoms with van der Waals surface area (Å²) in [5.41, 5.74) is 3.67. The molecule has 0 radical (unpaired) electrons. The second-order valence-electron chi connectivity index (χ2n) is 7.78. The third-order valence-corrected chi connectivity index (χ3v) is 5.26. The zero-order valence-corrected chi connectivity index (χ0v) is 16.4. The van der Waals surface area contributed by atoms with Gasteiger partial charge in [0.05, 0.1) is 0 Å². The Balaban J connectivity index is 1.36. The van der Waals surface area contributed by atoms with Crippen LogP contribution in [0.2, 0.25) is 0 Å². The van der Waals surface area contributed by atoms with E-state index in [0.717, 1.165) is 18.4 Å². The second kappa shape index (κ2) is 9.05. The average Bonchev–Trinajstić information content (AvgIpc) is 2.65. The van der Waals surface area contributed by atoms with E-state index in [1.807, 2.05) is 30.3 Å². The number of alkyl carbamates (subject to hydrolysis) is 1. The maximum Gasteiger partial charge on any atom is 0.407 e. The summed E-state index contributed by atoms with van der Waals surface area (Å²) in [6.45, 7) is 6.93. The Morgan fingerprint density at radius 2 is 1.59 bits per heavy atom. The molecule has 3 rings (SSSR count). The number of hydrogen-bond acceptors (Lipinski definition) is 3. The van der Waals surface area contributed by atoms with E-state index in [1.54, 1.807) is 0 Å². The van der Waals surface area contributed by atoms with E-state index >= 15 is 0 Å². The van der Waals surface area contributed by atoms with Gasteiger partial charge in [0.15, 0.2) is 0 Å². The van der Waals surface area contributed by atoms with Crippen LogP contribution in [0.25, 0.3) is 0 Å². The highest BCUT2D eigenvalue weighted by atomic mass is 16.5. The molecule has 0 aromatic heterocycles. The number of nitrogens with one attached hydrogen (secondary N) is 2. The van der Waals surface area contributed by atoms with Crippen LogP contribution in [0.1, 0.15) is 62.3 Å². The van der Waals surface area contributed by atoms with Crippen molar-refractivity contribution < 1.29 is 9.53 Å². The van der Waals surface area contributed by atoms with Crippen molar-refractivity contribution in [1.29, 1.82) is 0 Å². The van der Waals surface area contributed by atoms with Gasteiger partial charge in [-0.25, -0.2) is 4.79 Å². The van der Waals surface area contributed by atoms with Crippen LogP contribution in [0, 0.1) is 0 Å². The van der Waals surface area contributed by atoms with Crippen LogP contribution in [0.3, 0.4) is 0 Å². The fraction of sp³-hybridized carbons (Fsp3) is 0.435. The minimum atomic E-state index is -0.334. The second-order valence-corrected chi connectivity index (χ2v) is 7.78. The molecule has 144 valence electrons. The van der Waals surface area contributed by atoms with Crippen LogP contribution >= 0.6 is 0 Å². The van der Waals surface area contributed by atoms with Gasteiger partial charge in [0, 0.05) is 18.1 Å². The zero-order chi connectivity index (χ0) is 19.2. The van der Waals surface area contributed by atoms with Gasteiger partial charge in [0.25, 0.3) is 0 Å². The Hall–Kier alpha value is -2.33. The van der Waals surface area contributed by atoms with E-state index in [2.05, 4.69) is 55.7 Å². The Kier molecular flexibility index (Phi) is 6.51. The van der Waals surface area contributed by atoms with Gasteiger partial charge >= 0.3 is 6.09 Å². The predicted molar refractivity (Wildman–Crippen MR) is 109 cm³/mol. The van der Waals surface area contributed by atoms with Gasteiger partial charge in [0.1, 0.15) is 6.61 Å². The van der Waals surface area contributed by atoms with E-state index in [9.17, 15) is 4.79 Å². The Morgan fingerprint density at radius 3 is 2.22 bits per heavy atom. The number of carbonyl (C=O) groups excluding carboxylic acids is 1. The average molecular weight is 367 g/mol. The Labute approximate surface area is 162 Å². The first-order chi connectivity index (χ1) is 13.0. The van der Waals surface area contributed by atoms with Gasteiger partial charge in [-0.2, -0.15) is 0 Å². The summed E-state index contributed by atoms with van der Waals surface area (Å²) in [4.78, 5) is 11.9. The highest BCUT2D eigenvalue weighted by Crippen LogP contribution is 2.25. The molecule has 2 N–H and O–H groups in total. The van der Waals surface area contributed by atoms with Gasteiger partial charge in [-0.3, -0.25) is 0 Å². The SMILES string of the molecule is CC(C)c1ccc(C(C)NC2CC(NC(=O)OCc3ccccc3)C2)cc1. The molecular formula is C23H30N2O2. The molecule has 1 atom stereocenters. The van der Waals surface area contributed by atoms with Crippen molar-refractivity contribution in [3.05, 3.63) is 71.3 Å². The van der Waals surface area contributed by atoms with Gasteiger partial charge in [0.2, 0.25) is 0 Å². The first-order valence-corrected chi connectivity index (χ1v) is 9.84. The third kappa shape index (κ3) is 5.57. The van der Waals surface area contributed by atoms with Crippen molar-refractivity contribution in [1.82, 2.24) is 10.6 Å². The fourth-order valence-corrected chi connectivity index (χ4v) is 3.42. The third-order valence-electron chi connectivity index (χ3n) is 5.26. The number of benzene rings is 2. The summed E-state index contributed by atoms with van der Waals surface area (Å²) < 4.78 is 5.28. The Bertz CT molecular complexity index is 722. The quantitative estimate of drug-likeness (QED) is 0.731. The lowest BCUT2D eigenvalue weighted by Gasteiger charge is -2.38. The van der Waals surface area contributed by atoms with Crippen molar-refractivity contribution >= 4 is 6.09 Å². The number of amides is 1. The molecule has 1 aliphatic rings. The first-order valence-electron chi connectivity index (χ1n) is 9.84. The van der Waals surface area contributed by atoms with Crippen LogP contribution in [-0.4, -0.2) is 18.2 Å². The van der Waals surface area contributed by atoms with Crippen molar-refractivity contribution in [2.75, 3.05) is 0 Å². The molecule has 1 unspecified atom stereocenters. The molecule has 1 fully saturated rings. The standard InChI is InChI=1S/C23H30N2O2/c1-16(2)19-9-11-20(12-10-19)17(3)24-21-13-22(14-21)25-23(26)27-15-18-7-5-4-6-8-18/h4-12,16-17,21-22,24H,13-15H2,1-3H3,(H,25,26). The number of hydrogen-bond donors (Lipinski definition) is 2. The van der Waals surface area contributed by atoms with E-state index in [4.69, 9.17) is 4.74 Å². The highest BCUT2D eigenvalue weighted by molar-refractivity contribution is 5.67. The van der Waals surface area contributed by atoms with Crippen LogP contribution in [-0.2, 0) is 11.3 Å². The zero-order valence-electron chi connectivity index (χ0n) is 16.4. The van der Waals surface area contributed by atoms with Crippen LogP contribution in [0.4, 0.5) is 4.79 Å². The van der Waals surface area contributed by atoms with E-state index < -0.39 is 0 Å². The first kappa shape index (κ1) is 19.4. The fourth-order valence-electron chi connectivity index (χ4n) is 3.42. The van der Waals surface area contributed by atoms with Gasteiger partial charge in [-0.1, -0.05) is 68.4 Å². The van der Waals surface area contributed by atoms with Crippen molar-refractivity contribution in [3.8, 4) is 0 Å². The summed E-state index contributed by atoms with van der Waals surface area (Å²) in [5.74, 6) is 0.558. The summed E-state index contributed by atoms with van der Waals surface area (Å²) in [6, 6.07) is 19.5. The van der Waals surface area contributed by atoms with E-state index in [-0.39, 0.29) is 12.1 Å². The molecule has 4 heteroatoms. The molecule has 0 bridgehead atoms. The topological polar surface area (TPSA) is 50.4 Å². The van der Waals surface area contributed by atoms with Crippen LogP contribution in [0.5, 0.6) is 0 Å². The van der Waals surface area contributed by atoms with Gasteiger partial charge in [-0.15, -0.1) is 0 Å². The molecule has 4 nitrogen and oxygen atoms in total. The molecule has 1 aliphatic carbocycles. The van der Waals surface area contributed by atoms with E-state index in [1.165, 1.54) is 11.1 Å². The van der Waals surface area contributed by atoms with Crippen LogP contribution < -0.4 is 10.6 Å². The minimum Gasteiger partial charge on any atom is -0.445 e. The van der Waals surface area contributed by atoms with Crippen molar-refractivity contribution in [2.24, 2.45) is 0 Å². The highest BCUT2D eigenvalue weighted by Gasteiger charge is 2.31. The molecule has 1 saturated carbocycles. The van der Waals surface area contributed by atoms with Crippen molar-refractivity contribution in [3.63, 3.8) is 0 Å². The monoisotopic (exact) mass is 366 g/mol. The minimum absolute atomic E-state index is 0.196.